The molecule has 1 unspecified atom stereocenters. The molecule has 2 fully saturated rings. The van der Waals surface area contributed by atoms with Gasteiger partial charge in [0.05, 0.1) is 28.4 Å². The topological polar surface area (TPSA) is 125 Å². The van der Waals surface area contributed by atoms with Crippen LogP contribution in [0.25, 0.3) is 0 Å². The average Bonchev–Trinajstić information content (AvgIpc) is 3.26. The van der Waals surface area contributed by atoms with Crippen molar-refractivity contribution in [3.05, 3.63) is 57.6 Å². The Morgan fingerprint density at radius 1 is 1.07 bits per heavy atom. The Hall–Kier alpha value is -2.77. The highest BCUT2D eigenvalue weighted by atomic mass is 35.5. The second-order valence-corrected chi connectivity index (χ2v) is 10.5. The van der Waals surface area contributed by atoms with Crippen molar-refractivity contribution >= 4 is 40.8 Å². The van der Waals surface area contributed by atoms with Crippen LogP contribution in [0, 0.1) is 0 Å². The highest BCUT2D eigenvalue weighted by molar-refractivity contribution is 6.32. The van der Waals surface area contributed by atoms with Crippen molar-refractivity contribution in [2.24, 2.45) is 0 Å². The van der Waals surface area contributed by atoms with Gasteiger partial charge in [0.25, 0.3) is 5.91 Å². The summed E-state index contributed by atoms with van der Waals surface area (Å²) in [6.45, 7) is 3.79. The molecule has 40 heavy (non-hydrogen) atoms. The highest BCUT2D eigenvalue weighted by Gasteiger charge is 2.38. The van der Waals surface area contributed by atoms with Crippen molar-refractivity contribution in [2.75, 3.05) is 38.1 Å². The van der Waals surface area contributed by atoms with Crippen molar-refractivity contribution in [1.29, 1.82) is 0 Å². The van der Waals surface area contributed by atoms with Gasteiger partial charge in [-0.2, -0.15) is 13.2 Å². The van der Waals surface area contributed by atoms with E-state index in [1.807, 2.05) is 17.0 Å². The minimum Gasteiger partial charge on any atom is -0.506 e. The summed E-state index contributed by atoms with van der Waals surface area (Å²) in [5, 5.41) is 35.0. The minimum absolute atomic E-state index is 0.0849. The third-order valence-corrected chi connectivity index (χ3v) is 7.32. The lowest BCUT2D eigenvalue weighted by atomic mass is 10.0. The Bertz CT molecular complexity index is 1180. The number of aromatic hydroxyl groups is 1. The molecule has 0 radical (unpaired) electrons. The van der Waals surface area contributed by atoms with Gasteiger partial charge in [-0.05, 0) is 49.7 Å². The van der Waals surface area contributed by atoms with Gasteiger partial charge in [-0.25, -0.2) is 4.79 Å². The van der Waals surface area contributed by atoms with Crippen LogP contribution in [0.3, 0.4) is 0 Å². The van der Waals surface area contributed by atoms with Gasteiger partial charge in [-0.15, -0.1) is 0 Å². The first-order chi connectivity index (χ1) is 18.8. The second-order valence-electron chi connectivity index (χ2n) is 9.63. The normalized spacial score (nSPS) is 20.1. The molecule has 14 heteroatoms. The number of amides is 1. The fraction of sp³-hybridized carbons (Fsp3) is 0.462. The minimum atomic E-state index is -5.08. The Balaban J connectivity index is 0.000000559. The molecule has 0 bridgehead atoms. The first-order valence-electron chi connectivity index (χ1n) is 12.5. The summed E-state index contributed by atoms with van der Waals surface area (Å²) in [5.74, 6) is -3.13. The number of nitrogens with one attached hydrogen (secondary N) is 2. The summed E-state index contributed by atoms with van der Waals surface area (Å²) in [7, 11) is 1.55. The van der Waals surface area contributed by atoms with E-state index in [1.165, 1.54) is 17.7 Å². The number of piperidine rings is 1. The molecule has 4 rings (SSSR count). The molecule has 2 aromatic rings. The van der Waals surface area contributed by atoms with E-state index in [4.69, 9.17) is 33.1 Å². The molecule has 2 aliphatic rings. The molecule has 2 aliphatic heterocycles. The number of benzene rings is 2. The van der Waals surface area contributed by atoms with Crippen LogP contribution >= 0.6 is 23.2 Å². The molecule has 0 spiro atoms. The van der Waals surface area contributed by atoms with E-state index < -0.39 is 18.2 Å². The van der Waals surface area contributed by atoms with Crippen LogP contribution in [-0.2, 0) is 11.3 Å². The quantitative estimate of drug-likeness (QED) is 0.338. The summed E-state index contributed by atoms with van der Waals surface area (Å²) >= 11 is 12.0. The molecule has 0 aliphatic carbocycles. The molecule has 0 aromatic heterocycles. The maximum absolute atomic E-state index is 12.3. The molecule has 1 amide bonds. The molecular weight excluding hydrogens is 576 g/mol. The number of hydrogen-bond acceptors (Lipinski definition) is 7. The third-order valence-electron chi connectivity index (χ3n) is 6.77. The zero-order valence-electron chi connectivity index (χ0n) is 21.6. The zero-order valence-corrected chi connectivity index (χ0v) is 23.1. The van der Waals surface area contributed by atoms with Gasteiger partial charge in [0.1, 0.15) is 5.75 Å². The summed E-state index contributed by atoms with van der Waals surface area (Å²) in [6, 6.07) is 11.2. The van der Waals surface area contributed by atoms with E-state index in [0.717, 1.165) is 37.5 Å². The predicted octanol–water partition coefficient (Wildman–Crippen LogP) is 3.50. The number of aliphatic carboxylic acids is 1. The number of carbonyl (C=O) groups excluding carboxylic acids is 1. The maximum atomic E-state index is 12.3. The van der Waals surface area contributed by atoms with E-state index in [1.54, 1.807) is 7.05 Å². The summed E-state index contributed by atoms with van der Waals surface area (Å²) in [5.41, 5.74) is 2.20. The number of nitrogens with zero attached hydrogens (tertiary/aromatic N) is 2. The van der Waals surface area contributed by atoms with Crippen LogP contribution < -0.4 is 15.5 Å². The Morgan fingerprint density at radius 2 is 1.68 bits per heavy atom. The number of alkyl halides is 3. The van der Waals surface area contributed by atoms with Crippen LogP contribution in [0.1, 0.15) is 28.8 Å². The number of rotatable bonds is 6. The number of carboxylic acids is 1. The molecular formula is C26H31Cl2F3N4O5. The molecule has 9 nitrogen and oxygen atoms in total. The zero-order chi connectivity index (χ0) is 29.6. The van der Waals surface area contributed by atoms with Gasteiger partial charge in [0.2, 0.25) is 0 Å². The number of aliphatic hydroxyl groups is 1. The maximum Gasteiger partial charge on any atom is 0.490 e. The SMILES string of the molecule is CNC(=O)c1cc(Cl)c(O)cc1N1CC(NC2CCN(Cc3ccc(Cl)cc3)CC2)[C@H](O)C1.O=C(O)C(F)(F)F. The van der Waals surface area contributed by atoms with Crippen molar-refractivity contribution in [3.8, 4) is 5.75 Å². The number of anilines is 1. The van der Waals surface area contributed by atoms with Crippen LogP contribution in [0.2, 0.25) is 10.0 Å². The highest BCUT2D eigenvalue weighted by Crippen LogP contribution is 2.34. The molecule has 2 saturated heterocycles. The Kier molecular flexibility index (Phi) is 10.9. The van der Waals surface area contributed by atoms with Gasteiger partial charge in [-0.1, -0.05) is 35.3 Å². The van der Waals surface area contributed by atoms with Crippen LogP contribution in [0.15, 0.2) is 36.4 Å². The Morgan fingerprint density at radius 3 is 2.23 bits per heavy atom. The summed E-state index contributed by atoms with van der Waals surface area (Å²) in [4.78, 5) is 25.6. The number of aliphatic hydroxyl groups excluding tert-OH is 1. The summed E-state index contributed by atoms with van der Waals surface area (Å²) in [6.07, 6.45) is -3.66. The standard InChI is InChI=1S/C24H30Cl2N4O3.C2HF3O2/c1-27-24(33)18-10-19(26)22(31)11-21(18)30-13-20(23(32)14-30)28-17-6-8-29(9-7-17)12-15-2-4-16(25)5-3-15;3-2(4,5)1(6)7/h2-5,10-11,17,20,23,28,31-32H,6-9,12-14H2,1H3,(H,27,33);(H,6,7)/t20?,23-;/m1./s1. The van der Waals surface area contributed by atoms with Crippen LogP contribution in [0.5, 0.6) is 5.75 Å². The molecule has 2 atom stereocenters. The number of phenolic OH excluding ortho intramolecular Hbond substituents is 1. The van der Waals surface area contributed by atoms with Crippen LogP contribution in [0.4, 0.5) is 18.9 Å². The number of β-amino-alcohol motifs (C(OH)–C–C–N with tert-alkyl or cyclic N) is 1. The van der Waals surface area contributed by atoms with E-state index in [0.29, 0.717) is 30.4 Å². The third kappa shape index (κ3) is 8.61. The number of hydrogen-bond donors (Lipinski definition) is 5. The van der Waals surface area contributed by atoms with E-state index in [-0.39, 0.29) is 22.7 Å². The Labute approximate surface area is 239 Å². The van der Waals surface area contributed by atoms with E-state index in [9.17, 15) is 28.2 Å². The largest absolute Gasteiger partial charge is 0.506 e. The van der Waals surface area contributed by atoms with Crippen molar-refractivity contribution in [3.63, 3.8) is 0 Å². The fourth-order valence-corrected chi connectivity index (χ4v) is 4.97. The number of carboxylic acid groups (broad SMARTS) is 1. The number of carbonyl (C=O) groups is 2. The van der Waals surface area contributed by atoms with Gasteiger partial charge in [0, 0.05) is 43.8 Å². The number of likely N-dealkylation sites (tertiary alicyclic amines) is 1. The van der Waals surface area contributed by atoms with Gasteiger partial charge in [-0.3, -0.25) is 9.69 Å². The first kappa shape index (κ1) is 31.8. The fourth-order valence-electron chi connectivity index (χ4n) is 4.68. The average molecular weight is 607 g/mol. The monoisotopic (exact) mass is 606 g/mol. The molecule has 2 aromatic carbocycles. The number of phenols is 1. The summed E-state index contributed by atoms with van der Waals surface area (Å²) < 4.78 is 31.7. The molecule has 5 N–H and O–H groups in total. The lowest BCUT2D eigenvalue weighted by Gasteiger charge is -2.34. The first-order valence-corrected chi connectivity index (χ1v) is 13.2. The van der Waals surface area contributed by atoms with E-state index >= 15 is 0 Å². The lowest BCUT2D eigenvalue weighted by Crippen LogP contribution is -2.49. The van der Waals surface area contributed by atoms with Crippen molar-refractivity contribution in [2.45, 2.75) is 43.8 Å². The van der Waals surface area contributed by atoms with Crippen molar-refractivity contribution < 1.29 is 38.1 Å². The van der Waals surface area contributed by atoms with Gasteiger partial charge < -0.3 is 30.9 Å². The lowest BCUT2D eigenvalue weighted by molar-refractivity contribution is -0.192. The van der Waals surface area contributed by atoms with Crippen molar-refractivity contribution in [1.82, 2.24) is 15.5 Å². The predicted molar refractivity (Wildman–Crippen MR) is 145 cm³/mol. The smallest absolute Gasteiger partial charge is 0.490 e. The number of halogens is 5. The van der Waals surface area contributed by atoms with Gasteiger partial charge >= 0.3 is 12.1 Å². The van der Waals surface area contributed by atoms with E-state index in [2.05, 4.69) is 27.7 Å². The molecule has 2 heterocycles. The van der Waals surface area contributed by atoms with Crippen LogP contribution in [-0.4, -0.2) is 89.7 Å². The van der Waals surface area contributed by atoms with Gasteiger partial charge in [0.15, 0.2) is 0 Å². The second kappa shape index (κ2) is 13.7. The molecule has 0 saturated carbocycles. The molecule has 220 valence electrons.